The molecule has 1 rings (SSSR count). The second kappa shape index (κ2) is 7.62. The fourth-order valence-corrected chi connectivity index (χ4v) is 3.02. The van der Waals surface area contributed by atoms with E-state index < -0.39 is 16.1 Å². The zero-order valence-electron chi connectivity index (χ0n) is 11.6. The van der Waals surface area contributed by atoms with Crippen LogP contribution in [0.15, 0.2) is 29.2 Å². The lowest BCUT2D eigenvalue weighted by molar-refractivity contribution is 0.265. The van der Waals surface area contributed by atoms with Gasteiger partial charge in [-0.15, -0.1) is 0 Å². The van der Waals surface area contributed by atoms with E-state index in [9.17, 15) is 8.42 Å². The molecule has 0 heterocycles. The third-order valence-electron chi connectivity index (χ3n) is 2.93. The van der Waals surface area contributed by atoms with Gasteiger partial charge in [0.25, 0.3) is 0 Å². The Hall–Kier alpha value is -0.910. The topological polar surface area (TPSA) is 66.4 Å². The van der Waals surface area contributed by atoms with Crippen molar-refractivity contribution in [3.05, 3.63) is 29.8 Å². The summed E-state index contributed by atoms with van der Waals surface area (Å²) in [5, 5.41) is 8.88. The van der Waals surface area contributed by atoms with Crippen LogP contribution in [0.1, 0.15) is 38.7 Å². The third kappa shape index (κ3) is 5.30. The van der Waals surface area contributed by atoms with Crippen molar-refractivity contribution in [3.8, 4) is 0 Å². The van der Waals surface area contributed by atoms with Gasteiger partial charge in [-0.3, -0.25) is 0 Å². The average Bonchev–Trinajstić information content (AvgIpc) is 2.39. The van der Waals surface area contributed by atoms with E-state index in [4.69, 9.17) is 5.11 Å². The highest BCUT2D eigenvalue weighted by Gasteiger charge is 2.16. The van der Waals surface area contributed by atoms with E-state index in [-0.39, 0.29) is 11.5 Å². The van der Waals surface area contributed by atoms with Crippen molar-refractivity contribution in [2.45, 2.75) is 50.5 Å². The van der Waals surface area contributed by atoms with Crippen molar-refractivity contribution in [2.75, 3.05) is 6.61 Å². The first-order chi connectivity index (χ1) is 8.99. The zero-order valence-corrected chi connectivity index (χ0v) is 12.4. The summed E-state index contributed by atoms with van der Waals surface area (Å²) in [6, 6.07) is 6.47. The molecule has 1 atom stereocenters. The smallest absolute Gasteiger partial charge is 0.240 e. The summed E-state index contributed by atoms with van der Waals surface area (Å²) in [6.45, 7) is 3.56. The third-order valence-corrected chi connectivity index (χ3v) is 4.54. The van der Waals surface area contributed by atoms with Crippen molar-refractivity contribution in [3.63, 3.8) is 0 Å². The molecular formula is C14H23NO3S. The number of sulfonamides is 1. The molecule has 1 aromatic carbocycles. The Bertz CT molecular complexity index is 468. The van der Waals surface area contributed by atoms with Gasteiger partial charge < -0.3 is 5.11 Å². The molecule has 0 saturated carbocycles. The summed E-state index contributed by atoms with van der Waals surface area (Å²) in [6.07, 6.45) is 4.47. The van der Waals surface area contributed by atoms with E-state index >= 15 is 0 Å². The van der Waals surface area contributed by atoms with Gasteiger partial charge in [-0.05, 0) is 37.5 Å². The van der Waals surface area contributed by atoms with Crippen LogP contribution >= 0.6 is 0 Å². The van der Waals surface area contributed by atoms with Crippen molar-refractivity contribution in [1.82, 2.24) is 4.72 Å². The lowest BCUT2D eigenvalue weighted by Crippen LogP contribution is -2.34. The van der Waals surface area contributed by atoms with E-state index in [1.165, 1.54) is 12.8 Å². The maximum Gasteiger partial charge on any atom is 0.240 e. The van der Waals surface area contributed by atoms with E-state index in [1.54, 1.807) is 19.1 Å². The molecule has 0 spiro atoms. The SMILES string of the molecule is CCCCCc1ccc(S(=O)(=O)N[C@H](C)CO)cc1. The van der Waals surface area contributed by atoms with Crippen LogP contribution in [0.5, 0.6) is 0 Å². The molecule has 0 fully saturated rings. The predicted octanol–water partition coefficient (Wildman–Crippen LogP) is 2.08. The minimum Gasteiger partial charge on any atom is -0.395 e. The molecule has 0 aliphatic rings. The Balaban J connectivity index is 2.69. The van der Waals surface area contributed by atoms with E-state index in [1.807, 2.05) is 12.1 Å². The minimum absolute atomic E-state index is 0.214. The number of aliphatic hydroxyl groups excluding tert-OH is 1. The number of aryl methyl sites for hydroxylation is 1. The van der Waals surface area contributed by atoms with Crippen LogP contribution in [0.3, 0.4) is 0 Å². The Kier molecular flexibility index (Phi) is 6.48. The Morgan fingerprint density at radius 1 is 1.21 bits per heavy atom. The largest absolute Gasteiger partial charge is 0.395 e. The van der Waals surface area contributed by atoms with Crippen molar-refractivity contribution >= 4 is 10.0 Å². The molecule has 0 saturated heterocycles. The Morgan fingerprint density at radius 3 is 2.37 bits per heavy atom. The molecule has 0 amide bonds. The number of aliphatic hydroxyl groups is 1. The molecule has 2 N–H and O–H groups in total. The van der Waals surface area contributed by atoms with Gasteiger partial charge in [-0.25, -0.2) is 13.1 Å². The second-order valence-electron chi connectivity index (χ2n) is 4.81. The maximum absolute atomic E-state index is 12.0. The van der Waals surface area contributed by atoms with Gasteiger partial charge in [0.1, 0.15) is 0 Å². The summed E-state index contributed by atoms with van der Waals surface area (Å²) in [5.41, 5.74) is 1.16. The summed E-state index contributed by atoms with van der Waals surface area (Å²) >= 11 is 0. The molecule has 0 unspecified atom stereocenters. The average molecular weight is 285 g/mol. The normalized spacial score (nSPS) is 13.4. The number of rotatable bonds is 8. The van der Waals surface area contributed by atoms with Crippen molar-refractivity contribution < 1.29 is 13.5 Å². The number of hydrogen-bond donors (Lipinski definition) is 2. The highest BCUT2D eigenvalue weighted by Crippen LogP contribution is 2.13. The molecule has 5 heteroatoms. The van der Waals surface area contributed by atoms with Gasteiger partial charge in [-0.1, -0.05) is 31.9 Å². The van der Waals surface area contributed by atoms with Crippen molar-refractivity contribution in [1.29, 1.82) is 0 Å². The summed E-state index contributed by atoms with van der Waals surface area (Å²) in [5.74, 6) is 0. The zero-order chi connectivity index (χ0) is 14.3. The Labute approximate surface area is 115 Å². The lowest BCUT2D eigenvalue weighted by atomic mass is 10.1. The molecule has 0 aliphatic heterocycles. The Morgan fingerprint density at radius 2 is 1.84 bits per heavy atom. The van der Waals surface area contributed by atoms with Gasteiger partial charge in [0.2, 0.25) is 10.0 Å². The van der Waals surface area contributed by atoms with Crippen LogP contribution in [-0.4, -0.2) is 26.2 Å². The van der Waals surface area contributed by atoms with Crippen LogP contribution < -0.4 is 4.72 Å². The molecule has 108 valence electrons. The van der Waals surface area contributed by atoms with E-state index in [0.717, 1.165) is 18.4 Å². The molecule has 0 aliphatic carbocycles. The van der Waals surface area contributed by atoms with Crippen molar-refractivity contribution in [2.24, 2.45) is 0 Å². The first kappa shape index (κ1) is 16.1. The van der Waals surface area contributed by atoms with Gasteiger partial charge in [0.05, 0.1) is 11.5 Å². The lowest BCUT2D eigenvalue weighted by Gasteiger charge is -2.11. The molecule has 0 radical (unpaired) electrons. The van der Waals surface area contributed by atoms with Gasteiger partial charge in [0.15, 0.2) is 0 Å². The fourth-order valence-electron chi connectivity index (χ4n) is 1.78. The molecule has 0 aromatic heterocycles. The highest BCUT2D eigenvalue weighted by atomic mass is 32.2. The van der Waals surface area contributed by atoms with Gasteiger partial charge in [-0.2, -0.15) is 0 Å². The van der Waals surface area contributed by atoms with E-state index in [2.05, 4.69) is 11.6 Å². The molecular weight excluding hydrogens is 262 g/mol. The monoisotopic (exact) mass is 285 g/mol. The number of nitrogens with one attached hydrogen (secondary N) is 1. The first-order valence-corrected chi connectivity index (χ1v) is 8.20. The van der Waals surface area contributed by atoms with Gasteiger partial charge in [0, 0.05) is 6.04 Å². The molecule has 19 heavy (non-hydrogen) atoms. The van der Waals surface area contributed by atoms with Crippen LogP contribution in [-0.2, 0) is 16.4 Å². The number of benzene rings is 1. The quantitative estimate of drug-likeness (QED) is 0.719. The predicted molar refractivity (Wildman–Crippen MR) is 76.5 cm³/mol. The maximum atomic E-state index is 12.0. The highest BCUT2D eigenvalue weighted by molar-refractivity contribution is 7.89. The number of unbranched alkanes of at least 4 members (excludes halogenated alkanes) is 2. The second-order valence-corrected chi connectivity index (χ2v) is 6.52. The van der Waals surface area contributed by atoms with Crippen LogP contribution in [0.2, 0.25) is 0 Å². The van der Waals surface area contributed by atoms with Crippen LogP contribution in [0.4, 0.5) is 0 Å². The van der Waals surface area contributed by atoms with Crippen LogP contribution in [0.25, 0.3) is 0 Å². The van der Waals surface area contributed by atoms with Crippen LogP contribution in [0, 0.1) is 0 Å². The number of hydrogen-bond acceptors (Lipinski definition) is 3. The summed E-state index contributed by atoms with van der Waals surface area (Å²) in [4.78, 5) is 0.243. The first-order valence-electron chi connectivity index (χ1n) is 6.71. The summed E-state index contributed by atoms with van der Waals surface area (Å²) in [7, 11) is -3.52. The summed E-state index contributed by atoms with van der Waals surface area (Å²) < 4.78 is 26.3. The fraction of sp³-hybridized carbons (Fsp3) is 0.571. The van der Waals surface area contributed by atoms with Gasteiger partial charge >= 0.3 is 0 Å². The molecule has 4 nitrogen and oxygen atoms in total. The standard InChI is InChI=1S/C14H23NO3S/c1-3-4-5-6-13-7-9-14(10-8-13)19(17,18)15-12(2)11-16/h7-10,12,15-16H,3-6,11H2,1-2H3/t12-/m1/s1. The molecule has 0 bridgehead atoms. The molecule has 1 aromatic rings. The minimum atomic E-state index is -3.52. The van der Waals surface area contributed by atoms with E-state index in [0.29, 0.717) is 0 Å².